The number of rotatable bonds is 3. The summed E-state index contributed by atoms with van der Waals surface area (Å²) in [5.74, 6) is 0. The Morgan fingerprint density at radius 1 is 1.21 bits per heavy atom. The summed E-state index contributed by atoms with van der Waals surface area (Å²) in [7, 11) is 0. The Morgan fingerprint density at radius 3 is 2.95 bits per heavy atom. The normalized spacial score (nSPS) is 12.5. The SMILES string of the molecule is CC(Nc1ccc2[nH]ncc2c1)c1cccc(Cl)c1. The van der Waals surface area contributed by atoms with Gasteiger partial charge in [-0.1, -0.05) is 23.7 Å². The molecule has 1 heterocycles. The second-order valence-corrected chi connectivity index (χ2v) is 5.03. The van der Waals surface area contributed by atoms with Crippen LogP contribution in [0.4, 0.5) is 5.69 Å². The van der Waals surface area contributed by atoms with Gasteiger partial charge in [0.15, 0.2) is 0 Å². The number of aromatic nitrogens is 2. The molecule has 0 bridgehead atoms. The van der Waals surface area contributed by atoms with E-state index in [4.69, 9.17) is 11.6 Å². The zero-order valence-electron chi connectivity index (χ0n) is 10.5. The van der Waals surface area contributed by atoms with Crippen LogP contribution in [0.25, 0.3) is 10.9 Å². The molecule has 1 aromatic heterocycles. The molecule has 0 spiro atoms. The summed E-state index contributed by atoms with van der Waals surface area (Å²) >= 11 is 6.02. The predicted octanol–water partition coefficient (Wildman–Crippen LogP) is 4.39. The van der Waals surface area contributed by atoms with Crippen molar-refractivity contribution in [3.63, 3.8) is 0 Å². The van der Waals surface area contributed by atoms with Gasteiger partial charge in [-0.25, -0.2) is 0 Å². The molecule has 0 fully saturated rings. The van der Waals surface area contributed by atoms with Crippen molar-refractivity contribution in [2.45, 2.75) is 13.0 Å². The summed E-state index contributed by atoms with van der Waals surface area (Å²) in [5.41, 5.74) is 3.28. The first-order valence-corrected chi connectivity index (χ1v) is 6.55. The van der Waals surface area contributed by atoms with Crippen molar-refractivity contribution in [1.29, 1.82) is 0 Å². The number of hydrogen-bond acceptors (Lipinski definition) is 2. The fraction of sp³-hybridized carbons (Fsp3) is 0.133. The fourth-order valence-electron chi connectivity index (χ4n) is 2.14. The summed E-state index contributed by atoms with van der Waals surface area (Å²) in [6.45, 7) is 2.12. The quantitative estimate of drug-likeness (QED) is 0.742. The predicted molar refractivity (Wildman–Crippen MR) is 79.6 cm³/mol. The zero-order chi connectivity index (χ0) is 13.2. The minimum absolute atomic E-state index is 0.197. The van der Waals surface area contributed by atoms with Gasteiger partial charge in [-0.2, -0.15) is 5.10 Å². The third-order valence-corrected chi connectivity index (χ3v) is 3.41. The van der Waals surface area contributed by atoms with Crippen LogP contribution >= 0.6 is 11.6 Å². The van der Waals surface area contributed by atoms with E-state index in [2.05, 4.69) is 34.6 Å². The van der Waals surface area contributed by atoms with Crippen LogP contribution in [0, 0.1) is 0 Å². The second kappa shape index (κ2) is 4.94. The number of H-pyrrole nitrogens is 1. The standard InChI is InChI=1S/C15H14ClN3/c1-10(11-3-2-4-13(16)7-11)18-14-5-6-15-12(8-14)9-17-19-15/h2-10,18H,1H3,(H,17,19). The fourth-order valence-corrected chi connectivity index (χ4v) is 2.34. The summed E-state index contributed by atoms with van der Waals surface area (Å²) in [5, 5.41) is 12.3. The lowest BCUT2D eigenvalue weighted by Gasteiger charge is -2.16. The molecular weight excluding hydrogens is 258 g/mol. The van der Waals surface area contributed by atoms with Gasteiger partial charge in [-0.05, 0) is 42.8 Å². The molecule has 0 saturated heterocycles. The Kier molecular flexibility index (Phi) is 3.13. The van der Waals surface area contributed by atoms with Crippen LogP contribution in [0.5, 0.6) is 0 Å². The molecule has 2 N–H and O–H groups in total. The average Bonchev–Trinajstić information content (AvgIpc) is 2.86. The molecule has 1 unspecified atom stereocenters. The highest BCUT2D eigenvalue weighted by molar-refractivity contribution is 6.30. The van der Waals surface area contributed by atoms with Gasteiger partial charge < -0.3 is 5.32 Å². The largest absolute Gasteiger partial charge is 0.379 e. The molecule has 1 atom stereocenters. The molecule has 0 aliphatic carbocycles. The number of nitrogens with zero attached hydrogens (tertiary/aromatic N) is 1. The van der Waals surface area contributed by atoms with Crippen LogP contribution in [0.15, 0.2) is 48.7 Å². The molecule has 0 aliphatic rings. The molecule has 0 saturated carbocycles. The van der Waals surface area contributed by atoms with Gasteiger partial charge in [-0.3, -0.25) is 5.10 Å². The van der Waals surface area contributed by atoms with Gasteiger partial charge >= 0.3 is 0 Å². The molecule has 0 radical (unpaired) electrons. The molecular formula is C15H14ClN3. The molecule has 19 heavy (non-hydrogen) atoms. The van der Waals surface area contributed by atoms with Gasteiger partial charge in [-0.15, -0.1) is 0 Å². The molecule has 3 aromatic rings. The van der Waals surface area contributed by atoms with Crippen molar-refractivity contribution in [3.05, 3.63) is 59.2 Å². The maximum absolute atomic E-state index is 6.02. The molecule has 4 heteroatoms. The van der Waals surface area contributed by atoms with Crippen LogP contribution in [-0.4, -0.2) is 10.2 Å². The topological polar surface area (TPSA) is 40.7 Å². The molecule has 3 nitrogen and oxygen atoms in total. The minimum Gasteiger partial charge on any atom is -0.379 e. The minimum atomic E-state index is 0.197. The summed E-state index contributed by atoms with van der Waals surface area (Å²) in [6, 6.07) is 14.2. The smallest absolute Gasteiger partial charge is 0.0651 e. The van der Waals surface area contributed by atoms with Crippen LogP contribution in [0.2, 0.25) is 5.02 Å². The monoisotopic (exact) mass is 271 g/mol. The number of nitrogens with one attached hydrogen (secondary N) is 2. The van der Waals surface area contributed by atoms with Crippen molar-refractivity contribution in [2.24, 2.45) is 0 Å². The van der Waals surface area contributed by atoms with Crippen molar-refractivity contribution in [1.82, 2.24) is 10.2 Å². The highest BCUT2D eigenvalue weighted by Crippen LogP contribution is 2.23. The zero-order valence-corrected chi connectivity index (χ0v) is 11.3. The maximum Gasteiger partial charge on any atom is 0.0651 e. The van der Waals surface area contributed by atoms with Crippen LogP contribution in [-0.2, 0) is 0 Å². The lowest BCUT2D eigenvalue weighted by Crippen LogP contribution is -2.06. The molecule has 2 aromatic carbocycles. The van der Waals surface area contributed by atoms with Crippen molar-refractivity contribution < 1.29 is 0 Å². The Morgan fingerprint density at radius 2 is 2.11 bits per heavy atom. The van der Waals surface area contributed by atoms with E-state index in [1.807, 2.05) is 36.5 Å². The van der Waals surface area contributed by atoms with E-state index in [1.165, 1.54) is 5.56 Å². The van der Waals surface area contributed by atoms with E-state index in [0.717, 1.165) is 21.6 Å². The molecule has 0 amide bonds. The van der Waals surface area contributed by atoms with Gasteiger partial charge in [0.05, 0.1) is 11.7 Å². The van der Waals surface area contributed by atoms with E-state index in [-0.39, 0.29) is 6.04 Å². The molecule has 0 aliphatic heterocycles. The Hall–Kier alpha value is -2.00. The van der Waals surface area contributed by atoms with Crippen molar-refractivity contribution in [3.8, 4) is 0 Å². The lowest BCUT2D eigenvalue weighted by molar-refractivity contribution is 0.885. The van der Waals surface area contributed by atoms with Gasteiger partial charge in [0, 0.05) is 22.1 Å². The number of fused-ring (bicyclic) bond motifs is 1. The van der Waals surface area contributed by atoms with E-state index < -0.39 is 0 Å². The van der Waals surface area contributed by atoms with E-state index in [9.17, 15) is 0 Å². The summed E-state index contributed by atoms with van der Waals surface area (Å²) in [6.07, 6.45) is 1.82. The van der Waals surface area contributed by atoms with E-state index >= 15 is 0 Å². The number of hydrogen-bond donors (Lipinski definition) is 2. The summed E-state index contributed by atoms with van der Waals surface area (Å²) < 4.78 is 0. The first kappa shape index (κ1) is 12.1. The third kappa shape index (κ3) is 2.56. The lowest BCUT2D eigenvalue weighted by atomic mass is 10.1. The Labute approximate surface area is 116 Å². The first-order chi connectivity index (χ1) is 9.22. The Balaban J connectivity index is 1.83. The second-order valence-electron chi connectivity index (χ2n) is 4.59. The first-order valence-electron chi connectivity index (χ1n) is 6.17. The highest BCUT2D eigenvalue weighted by Gasteiger charge is 2.06. The Bertz CT molecular complexity index is 705. The maximum atomic E-state index is 6.02. The highest BCUT2D eigenvalue weighted by atomic mass is 35.5. The van der Waals surface area contributed by atoms with Crippen molar-refractivity contribution >= 4 is 28.2 Å². The van der Waals surface area contributed by atoms with Crippen LogP contribution in [0.1, 0.15) is 18.5 Å². The summed E-state index contributed by atoms with van der Waals surface area (Å²) in [4.78, 5) is 0. The van der Waals surface area contributed by atoms with Gasteiger partial charge in [0.1, 0.15) is 0 Å². The molecule has 3 rings (SSSR count). The van der Waals surface area contributed by atoms with Gasteiger partial charge in [0.25, 0.3) is 0 Å². The molecule has 96 valence electrons. The van der Waals surface area contributed by atoms with Gasteiger partial charge in [0.2, 0.25) is 0 Å². The van der Waals surface area contributed by atoms with E-state index in [1.54, 1.807) is 0 Å². The average molecular weight is 272 g/mol. The van der Waals surface area contributed by atoms with Crippen LogP contribution in [0.3, 0.4) is 0 Å². The third-order valence-electron chi connectivity index (χ3n) is 3.17. The van der Waals surface area contributed by atoms with E-state index in [0.29, 0.717) is 0 Å². The number of halogens is 1. The van der Waals surface area contributed by atoms with Crippen LogP contribution < -0.4 is 5.32 Å². The number of benzene rings is 2. The van der Waals surface area contributed by atoms with Crippen molar-refractivity contribution in [2.75, 3.05) is 5.32 Å². The number of aromatic amines is 1. The number of anilines is 1.